The number of imidazole rings is 1. The van der Waals surface area contributed by atoms with E-state index in [0.29, 0.717) is 23.7 Å². The van der Waals surface area contributed by atoms with Crippen LogP contribution in [-0.2, 0) is 4.79 Å². The largest absolute Gasteiger partial charge is 0.342 e. The number of benzene rings is 2. The first-order valence-corrected chi connectivity index (χ1v) is 10.2. The zero-order valence-corrected chi connectivity index (χ0v) is 16.9. The van der Waals surface area contributed by atoms with Crippen molar-refractivity contribution < 1.29 is 9.59 Å². The third-order valence-corrected chi connectivity index (χ3v) is 5.69. The molecule has 0 bridgehead atoms. The lowest BCUT2D eigenvalue weighted by Gasteiger charge is -2.33. The van der Waals surface area contributed by atoms with Crippen molar-refractivity contribution in [3.8, 4) is 0 Å². The van der Waals surface area contributed by atoms with Gasteiger partial charge in [0.15, 0.2) is 0 Å². The lowest BCUT2D eigenvalue weighted by atomic mass is 9.97. The van der Waals surface area contributed by atoms with E-state index in [1.54, 1.807) is 31.2 Å². The van der Waals surface area contributed by atoms with Crippen LogP contribution in [0.2, 0.25) is 5.02 Å². The van der Waals surface area contributed by atoms with Gasteiger partial charge in [-0.25, -0.2) is 4.98 Å². The fraction of sp³-hybridized carbons (Fsp3) is 0.318. The highest BCUT2D eigenvalue weighted by Gasteiger charge is 2.30. The monoisotopic (exact) mass is 410 g/mol. The summed E-state index contributed by atoms with van der Waals surface area (Å²) in [5.74, 6) is 0.636. The topological polar surface area (TPSA) is 78.1 Å². The SMILES string of the molecule is CC(NC(=O)c1ccccc1Cl)C(=O)N1CCCC(c2nc3ccccc3[nH]2)C1. The van der Waals surface area contributed by atoms with Gasteiger partial charge in [-0.2, -0.15) is 0 Å². The maximum absolute atomic E-state index is 12.9. The number of fused-ring (bicyclic) bond motifs is 1. The van der Waals surface area contributed by atoms with Crippen LogP contribution in [0.5, 0.6) is 0 Å². The van der Waals surface area contributed by atoms with E-state index in [2.05, 4.69) is 10.3 Å². The molecule has 1 aliphatic heterocycles. The quantitative estimate of drug-likeness (QED) is 0.687. The van der Waals surface area contributed by atoms with Gasteiger partial charge in [0.2, 0.25) is 5.91 Å². The summed E-state index contributed by atoms with van der Waals surface area (Å²) in [4.78, 5) is 35.3. The average Bonchev–Trinajstić information content (AvgIpc) is 3.18. The molecule has 2 amide bonds. The Morgan fingerprint density at radius 1 is 1.21 bits per heavy atom. The van der Waals surface area contributed by atoms with E-state index in [-0.39, 0.29) is 17.7 Å². The first-order valence-electron chi connectivity index (χ1n) is 9.82. The van der Waals surface area contributed by atoms with Crippen molar-refractivity contribution in [2.24, 2.45) is 0 Å². The van der Waals surface area contributed by atoms with Gasteiger partial charge in [0.05, 0.1) is 21.6 Å². The Balaban J connectivity index is 1.42. The van der Waals surface area contributed by atoms with Gasteiger partial charge in [-0.3, -0.25) is 9.59 Å². The molecule has 3 aromatic rings. The van der Waals surface area contributed by atoms with Crippen molar-refractivity contribution in [1.82, 2.24) is 20.2 Å². The molecule has 0 radical (unpaired) electrons. The molecular formula is C22H23ClN4O2. The average molecular weight is 411 g/mol. The summed E-state index contributed by atoms with van der Waals surface area (Å²) in [6.45, 7) is 2.98. The van der Waals surface area contributed by atoms with Crippen molar-refractivity contribution in [2.75, 3.05) is 13.1 Å². The highest BCUT2D eigenvalue weighted by Crippen LogP contribution is 2.27. The molecule has 29 heavy (non-hydrogen) atoms. The number of carbonyl (C=O) groups is 2. The lowest BCUT2D eigenvalue weighted by molar-refractivity contribution is -0.134. The molecule has 1 aliphatic rings. The molecule has 150 valence electrons. The second-order valence-electron chi connectivity index (χ2n) is 7.44. The summed E-state index contributed by atoms with van der Waals surface area (Å²) in [5.41, 5.74) is 2.31. The normalized spacial score (nSPS) is 17.9. The van der Waals surface area contributed by atoms with Gasteiger partial charge in [-0.15, -0.1) is 0 Å². The number of piperidine rings is 1. The molecule has 4 rings (SSSR count). The predicted molar refractivity (Wildman–Crippen MR) is 113 cm³/mol. The van der Waals surface area contributed by atoms with Crippen LogP contribution in [0.1, 0.15) is 41.9 Å². The Bertz CT molecular complexity index is 1010. The van der Waals surface area contributed by atoms with Crippen molar-refractivity contribution in [1.29, 1.82) is 0 Å². The van der Waals surface area contributed by atoms with Crippen LogP contribution < -0.4 is 5.32 Å². The van der Waals surface area contributed by atoms with Gasteiger partial charge >= 0.3 is 0 Å². The van der Waals surface area contributed by atoms with E-state index in [0.717, 1.165) is 29.7 Å². The van der Waals surface area contributed by atoms with Gasteiger partial charge in [-0.1, -0.05) is 35.9 Å². The zero-order valence-electron chi connectivity index (χ0n) is 16.2. The summed E-state index contributed by atoms with van der Waals surface area (Å²) in [6, 6.07) is 14.1. The van der Waals surface area contributed by atoms with Crippen molar-refractivity contribution in [3.05, 3.63) is 64.9 Å². The summed E-state index contributed by atoms with van der Waals surface area (Å²) in [7, 11) is 0. The summed E-state index contributed by atoms with van der Waals surface area (Å²) in [5, 5.41) is 3.14. The van der Waals surface area contributed by atoms with E-state index >= 15 is 0 Å². The molecule has 1 saturated heterocycles. The molecule has 2 aromatic carbocycles. The number of likely N-dealkylation sites (tertiary alicyclic amines) is 1. The summed E-state index contributed by atoms with van der Waals surface area (Å²) >= 11 is 6.08. The van der Waals surface area contributed by atoms with Gasteiger partial charge < -0.3 is 15.2 Å². The molecule has 0 saturated carbocycles. The van der Waals surface area contributed by atoms with E-state index < -0.39 is 6.04 Å². The molecule has 2 heterocycles. The molecule has 1 fully saturated rings. The van der Waals surface area contributed by atoms with Crippen LogP contribution >= 0.6 is 11.6 Å². The minimum absolute atomic E-state index is 0.0915. The molecule has 2 N–H and O–H groups in total. The maximum atomic E-state index is 12.9. The van der Waals surface area contributed by atoms with E-state index in [1.807, 2.05) is 29.2 Å². The molecule has 7 heteroatoms. The van der Waals surface area contributed by atoms with Crippen LogP contribution in [0.3, 0.4) is 0 Å². The van der Waals surface area contributed by atoms with Crippen LogP contribution in [0.15, 0.2) is 48.5 Å². The fourth-order valence-electron chi connectivity index (χ4n) is 3.82. The number of nitrogens with zero attached hydrogens (tertiary/aromatic N) is 2. The Kier molecular flexibility index (Phi) is 5.53. The molecule has 0 spiro atoms. The van der Waals surface area contributed by atoms with Crippen LogP contribution in [0, 0.1) is 0 Å². The Hall–Kier alpha value is -2.86. The first-order chi connectivity index (χ1) is 14.0. The van der Waals surface area contributed by atoms with Crippen LogP contribution in [0.4, 0.5) is 0 Å². The zero-order chi connectivity index (χ0) is 20.4. The van der Waals surface area contributed by atoms with E-state index in [9.17, 15) is 9.59 Å². The molecule has 6 nitrogen and oxygen atoms in total. The summed E-state index contributed by atoms with van der Waals surface area (Å²) < 4.78 is 0. The predicted octanol–water partition coefficient (Wildman–Crippen LogP) is 3.74. The number of nitrogens with one attached hydrogen (secondary N) is 2. The fourth-order valence-corrected chi connectivity index (χ4v) is 4.04. The van der Waals surface area contributed by atoms with Crippen molar-refractivity contribution in [2.45, 2.75) is 31.7 Å². The van der Waals surface area contributed by atoms with Crippen molar-refractivity contribution >= 4 is 34.4 Å². The number of aromatic amines is 1. The number of para-hydroxylation sites is 2. The molecule has 2 atom stereocenters. The first kappa shape index (κ1) is 19.5. The highest BCUT2D eigenvalue weighted by atomic mass is 35.5. The number of carbonyl (C=O) groups excluding carboxylic acids is 2. The number of halogens is 1. The maximum Gasteiger partial charge on any atom is 0.253 e. The molecule has 0 aliphatic carbocycles. The second-order valence-corrected chi connectivity index (χ2v) is 7.84. The third kappa shape index (κ3) is 4.12. The van der Waals surface area contributed by atoms with Gasteiger partial charge in [0.1, 0.15) is 11.9 Å². The highest BCUT2D eigenvalue weighted by molar-refractivity contribution is 6.33. The number of rotatable bonds is 4. The Labute approximate surface area is 174 Å². The number of H-pyrrole nitrogens is 1. The van der Waals surface area contributed by atoms with Gasteiger partial charge in [-0.05, 0) is 44.0 Å². The molecule has 1 aromatic heterocycles. The number of amides is 2. The smallest absolute Gasteiger partial charge is 0.253 e. The Morgan fingerprint density at radius 3 is 2.76 bits per heavy atom. The summed E-state index contributed by atoms with van der Waals surface area (Å²) in [6.07, 6.45) is 1.88. The van der Waals surface area contributed by atoms with Crippen molar-refractivity contribution in [3.63, 3.8) is 0 Å². The standard InChI is InChI=1S/C22H23ClN4O2/c1-14(24-21(28)16-8-2-3-9-17(16)23)22(29)27-12-6-7-15(13-27)20-25-18-10-4-5-11-19(18)26-20/h2-5,8-11,14-15H,6-7,12-13H2,1H3,(H,24,28)(H,25,26). The van der Waals surface area contributed by atoms with Gasteiger partial charge in [0, 0.05) is 19.0 Å². The lowest BCUT2D eigenvalue weighted by Crippen LogP contribution is -2.49. The van der Waals surface area contributed by atoms with E-state index in [4.69, 9.17) is 16.6 Å². The molecular weight excluding hydrogens is 388 g/mol. The number of hydrogen-bond acceptors (Lipinski definition) is 3. The minimum atomic E-state index is -0.631. The third-order valence-electron chi connectivity index (χ3n) is 5.36. The number of aromatic nitrogens is 2. The minimum Gasteiger partial charge on any atom is -0.342 e. The van der Waals surface area contributed by atoms with Crippen LogP contribution in [0.25, 0.3) is 11.0 Å². The molecule has 2 unspecified atom stereocenters. The number of hydrogen-bond donors (Lipinski definition) is 2. The van der Waals surface area contributed by atoms with Crippen LogP contribution in [-0.4, -0.2) is 45.8 Å². The second kappa shape index (κ2) is 8.25. The van der Waals surface area contributed by atoms with Gasteiger partial charge in [0.25, 0.3) is 5.91 Å². The Morgan fingerprint density at radius 2 is 1.97 bits per heavy atom. The van der Waals surface area contributed by atoms with E-state index in [1.165, 1.54) is 0 Å².